The summed E-state index contributed by atoms with van der Waals surface area (Å²) >= 11 is 3.60. The number of aliphatic hydroxyl groups is 1. The van der Waals surface area contributed by atoms with Gasteiger partial charge in [0.1, 0.15) is 0 Å². The summed E-state index contributed by atoms with van der Waals surface area (Å²) in [5.74, 6) is 0.625. The molecule has 0 spiro atoms. The van der Waals surface area contributed by atoms with Crippen molar-refractivity contribution in [1.29, 1.82) is 0 Å². The molecular formula is C14H20BrNO2. The molecule has 4 heteroatoms. The lowest BCUT2D eigenvalue weighted by Crippen LogP contribution is -2.48. The molecule has 1 aliphatic rings. The van der Waals surface area contributed by atoms with E-state index in [1.807, 2.05) is 6.07 Å². The van der Waals surface area contributed by atoms with Crippen LogP contribution >= 0.6 is 15.9 Å². The van der Waals surface area contributed by atoms with Crippen molar-refractivity contribution >= 4 is 15.9 Å². The van der Waals surface area contributed by atoms with Gasteiger partial charge in [-0.05, 0) is 30.4 Å². The summed E-state index contributed by atoms with van der Waals surface area (Å²) in [6.45, 7) is 0.691. The summed E-state index contributed by atoms with van der Waals surface area (Å²) < 4.78 is 6.26. The summed E-state index contributed by atoms with van der Waals surface area (Å²) in [6.07, 6.45) is 2.26. The van der Waals surface area contributed by atoms with E-state index in [9.17, 15) is 5.11 Å². The van der Waals surface area contributed by atoms with Gasteiger partial charge in [0, 0.05) is 17.6 Å². The molecule has 0 saturated heterocycles. The standard InChI is InChI=1S/C14H20BrNO2/c1-18-9-12(8-17)16-11-6-10(7-11)13-4-2-3-5-14(13)15/h2-5,10-12,16-17H,6-9H2,1H3. The zero-order valence-corrected chi connectivity index (χ0v) is 12.2. The lowest BCUT2D eigenvalue weighted by molar-refractivity contribution is 0.110. The number of hydrogen-bond acceptors (Lipinski definition) is 3. The lowest BCUT2D eigenvalue weighted by atomic mass is 9.75. The first-order chi connectivity index (χ1) is 8.74. The molecule has 1 unspecified atom stereocenters. The number of aliphatic hydroxyl groups excluding tert-OH is 1. The van der Waals surface area contributed by atoms with Crippen molar-refractivity contribution in [3.63, 3.8) is 0 Å². The largest absolute Gasteiger partial charge is 0.395 e. The minimum atomic E-state index is 0.0557. The molecule has 2 rings (SSSR count). The van der Waals surface area contributed by atoms with E-state index >= 15 is 0 Å². The first-order valence-corrected chi connectivity index (χ1v) is 7.14. The third kappa shape index (κ3) is 3.32. The maximum Gasteiger partial charge on any atom is 0.0638 e. The van der Waals surface area contributed by atoms with Crippen LogP contribution in [0.25, 0.3) is 0 Å². The summed E-state index contributed by atoms with van der Waals surface area (Å²) in [5.41, 5.74) is 1.39. The highest BCUT2D eigenvalue weighted by atomic mass is 79.9. The van der Waals surface area contributed by atoms with E-state index in [0.29, 0.717) is 18.6 Å². The molecule has 2 N–H and O–H groups in total. The number of halogens is 1. The first kappa shape index (κ1) is 14.0. The minimum absolute atomic E-state index is 0.0557. The molecular weight excluding hydrogens is 294 g/mol. The number of rotatable bonds is 6. The number of benzene rings is 1. The molecule has 0 amide bonds. The Bertz CT molecular complexity index is 380. The number of methoxy groups -OCH3 is 1. The van der Waals surface area contributed by atoms with Gasteiger partial charge in [-0.15, -0.1) is 0 Å². The SMILES string of the molecule is COCC(CO)NC1CC(c2ccccc2Br)C1. The highest BCUT2D eigenvalue weighted by Gasteiger charge is 2.32. The van der Waals surface area contributed by atoms with Crippen LogP contribution in [0.4, 0.5) is 0 Å². The Kier molecular flexibility index (Phi) is 5.18. The van der Waals surface area contributed by atoms with E-state index in [2.05, 4.69) is 39.4 Å². The predicted octanol–water partition coefficient (Wildman–Crippen LogP) is 2.29. The van der Waals surface area contributed by atoms with E-state index in [-0.39, 0.29) is 12.6 Å². The fourth-order valence-electron chi connectivity index (χ4n) is 2.50. The maximum atomic E-state index is 9.20. The molecule has 0 heterocycles. The maximum absolute atomic E-state index is 9.20. The molecule has 0 radical (unpaired) electrons. The number of ether oxygens (including phenoxy) is 1. The second kappa shape index (κ2) is 6.66. The minimum Gasteiger partial charge on any atom is -0.395 e. The van der Waals surface area contributed by atoms with E-state index < -0.39 is 0 Å². The molecule has 1 aliphatic carbocycles. The van der Waals surface area contributed by atoms with Gasteiger partial charge in [0.2, 0.25) is 0 Å². The van der Waals surface area contributed by atoms with Crippen LogP contribution in [0.1, 0.15) is 24.3 Å². The van der Waals surface area contributed by atoms with Crippen LogP contribution in [0, 0.1) is 0 Å². The van der Waals surface area contributed by atoms with Gasteiger partial charge in [-0.2, -0.15) is 0 Å². The van der Waals surface area contributed by atoms with Crippen molar-refractivity contribution in [1.82, 2.24) is 5.32 Å². The van der Waals surface area contributed by atoms with Crippen LogP contribution < -0.4 is 5.32 Å². The van der Waals surface area contributed by atoms with Gasteiger partial charge in [0.15, 0.2) is 0 Å². The molecule has 18 heavy (non-hydrogen) atoms. The fraction of sp³-hybridized carbons (Fsp3) is 0.571. The quantitative estimate of drug-likeness (QED) is 0.846. The molecule has 1 aromatic carbocycles. The fourth-order valence-corrected chi connectivity index (χ4v) is 3.11. The first-order valence-electron chi connectivity index (χ1n) is 6.34. The third-order valence-corrected chi connectivity index (χ3v) is 4.26. The lowest BCUT2D eigenvalue weighted by Gasteiger charge is -2.38. The van der Waals surface area contributed by atoms with Crippen molar-refractivity contribution in [2.24, 2.45) is 0 Å². The van der Waals surface area contributed by atoms with Crippen LogP contribution in [0.15, 0.2) is 28.7 Å². The Balaban J connectivity index is 1.82. The molecule has 1 atom stereocenters. The van der Waals surface area contributed by atoms with Crippen molar-refractivity contribution in [3.05, 3.63) is 34.3 Å². The molecule has 0 aromatic heterocycles. The van der Waals surface area contributed by atoms with Gasteiger partial charge >= 0.3 is 0 Å². The van der Waals surface area contributed by atoms with Crippen molar-refractivity contribution in [2.75, 3.05) is 20.3 Å². The Morgan fingerprint density at radius 3 is 2.78 bits per heavy atom. The van der Waals surface area contributed by atoms with Crippen LogP contribution in [-0.2, 0) is 4.74 Å². The zero-order valence-electron chi connectivity index (χ0n) is 10.6. The number of hydrogen-bond donors (Lipinski definition) is 2. The van der Waals surface area contributed by atoms with E-state index in [1.165, 1.54) is 10.0 Å². The summed E-state index contributed by atoms with van der Waals surface area (Å²) in [6, 6.07) is 8.96. The second-order valence-electron chi connectivity index (χ2n) is 4.89. The molecule has 1 saturated carbocycles. The topological polar surface area (TPSA) is 41.5 Å². The summed E-state index contributed by atoms with van der Waals surface area (Å²) in [4.78, 5) is 0. The highest BCUT2D eigenvalue weighted by Crippen LogP contribution is 2.40. The Morgan fingerprint density at radius 2 is 2.17 bits per heavy atom. The van der Waals surface area contributed by atoms with Gasteiger partial charge in [0.05, 0.1) is 19.3 Å². The van der Waals surface area contributed by atoms with Gasteiger partial charge < -0.3 is 15.2 Å². The van der Waals surface area contributed by atoms with E-state index in [1.54, 1.807) is 7.11 Å². The highest BCUT2D eigenvalue weighted by molar-refractivity contribution is 9.10. The Morgan fingerprint density at radius 1 is 1.44 bits per heavy atom. The molecule has 0 bridgehead atoms. The van der Waals surface area contributed by atoms with Gasteiger partial charge in [-0.1, -0.05) is 34.1 Å². The van der Waals surface area contributed by atoms with E-state index in [4.69, 9.17) is 4.74 Å². The molecule has 1 fully saturated rings. The van der Waals surface area contributed by atoms with E-state index in [0.717, 1.165) is 12.8 Å². The van der Waals surface area contributed by atoms with Gasteiger partial charge in [-0.3, -0.25) is 0 Å². The van der Waals surface area contributed by atoms with Crippen molar-refractivity contribution in [2.45, 2.75) is 30.8 Å². The van der Waals surface area contributed by atoms with Crippen LogP contribution in [0.5, 0.6) is 0 Å². The third-order valence-electron chi connectivity index (χ3n) is 3.54. The van der Waals surface area contributed by atoms with Crippen LogP contribution in [0.2, 0.25) is 0 Å². The average molecular weight is 314 g/mol. The predicted molar refractivity (Wildman–Crippen MR) is 75.8 cm³/mol. The van der Waals surface area contributed by atoms with Crippen molar-refractivity contribution < 1.29 is 9.84 Å². The number of nitrogens with one attached hydrogen (secondary N) is 1. The van der Waals surface area contributed by atoms with Gasteiger partial charge in [-0.25, -0.2) is 0 Å². The Hall–Kier alpha value is -0.420. The molecule has 100 valence electrons. The smallest absolute Gasteiger partial charge is 0.0638 e. The molecule has 3 nitrogen and oxygen atoms in total. The van der Waals surface area contributed by atoms with Crippen molar-refractivity contribution in [3.8, 4) is 0 Å². The van der Waals surface area contributed by atoms with Crippen LogP contribution in [0.3, 0.4) is 0 Å². The monoisotopic (exact) mass is 313 g/mol. The van der Waals surface area contributed by atoms with Crippen LogP contribution in [-0.4, -0.2) is 37.5 Å². The zero-order chi connectivity index (χ0) is 13.0. The van der Waals surface area contributed by atoms with Gasteiger partial charge in [0.25, 0.3) is 0 Å². The molecule has 1 aromatic rings. The molecule has 0 aliphatic heterocycles. The Labute approximate surface area is 117 Å². The average Bonchev–Trinajstić information content (AvgIpc) is 2.33. The summed E-state index contributed by atoms with van der Waals surface area (Å²) in [7, 11) is 1.66. The normalized spacial score (nSPS) is 24.6. The summed E-state index contributed by atoms with van der Waals surface area (Å²) in [5, 5.41) is 12.6. The second-order valence-corrected chi connectivity index (χ2v) is 5.74.